The fourth-order valence-electron chi connectivity index (χ4n) is 3.21. The van der Waals surface area contributed by atoms with Crippen LogP contribution in [0.5, 0.6) is 0 Å². The smallest absolute Gasteiger partial charge is 0.139 e. The molecule has 1 aromatic heterocycles. The molecule has 0 aliphatic heterocycles. The molecule has 0 radical (unpaired) electrons. The number of nitrogen functional groups attached to an aromatic ring is 1. The SMILES string of the molecule is CCC1(n2c(C(C)O)nc3cc(N)ccc32)CCC1. The molecule has 1 fully saturated rings. The summed E-state index contributed by atoms with van der Waals surface area (Å²) < 4.78 is 2.26. The second kappa shape index (κ2) is 4.23. The Labute approximate surface area is 113 Å². The Morgan fingerprint density at radius 2 is 2.21 bits per heavy atom. The largest absolute Gasteiger partial charge is 0.399 e. The molecule has 1 aliphatic rings. The molecule has 4 nitrogen and oxygen atoms in total. The van der Waals surface area contributed by atoms with Gasteiger partial charge in [0.2, 0.25) is 0 Å². The Kier molecular flexibility index (Phi) is 2.78. The molecular weight excluding hydrogens is 238 g/mol. The number of hydrogen-bond donors (Lipinski definition) is 2. The van der Waals surface area contributed by atoms with Crippen molar-refractivity contribution in [3.05, 3.63) is 24.0 Å². The third-order valence-corrected chi connectivity index (χ3v) is 4.49. The summed E-state index contributed by atoms with van der Waals surface area (Å²) in [7, 11) is 0. The van der Waals surface area contributed by atoms with Crippen LogP contribution in [0.1, 0.15) is 51.5 Å². The van der Waals surface area contributed by atoms with E-state index in [9.17, 15) is 5.11 Å². The molecule has 1 saturated carbocycles. The number of nitrogens with two attached hydrogens (primary N) is 1. The molecule has 3 rings (SSSR count). The number of hydrogen-bond acceptors (Lipinski definition) is 3. The van der Waals surface area contributed by atoms with Gasteiger partial charge in [0.25, 0.3) is 0 Å². The zero-order chi connectivity index (χ0) is 13.6. The minimum Gasteiger partial charge on any atom is -0.399 e. The summed E-state index contributed by atoms with van der Waals surface area (Å²) in [5.41, 5.74) is 8.66. The number of aliphatic hydroxyl groups is 1. The zero-order valence-corrected chi connectivity index (χ0v) is 11.6. The number of anilines is 1. The van der Waals surface area contributed by atoms with Gasteiger partial charge in [-0.3, -0.25) is 0 Å². The zero-order valence-electron chi connectivity index (χ0n) is 11.6. The first kappa shape index (κ1) is 12.5. The van der Waals surface area contributed by atoms with Crippen molar-refractivity contribution in [3.8, 4) is 0 Å². The highest BCUT2D eigenvalue weighted by Crippen LogP contribution is 2.45. The summed E-state index contributed by atoms with van der Waals surface area (Å²) in [6.45, 7) is 4.00. The summed E-state index contributed by atoms with van der Waals surface area (Å²) in [4.78, 5) is 4.60. The summed E-state index contributed by atoms with van der Waals surface area (Å²) in [6.07, 6.45) is 4.10. The van der Waals surface area contributed by atoms with Crippen LogP contribution in [-0.4, -0.2) is 14.7 Å². The lowest BCUT2D eigenvalue weighted by Crippen LogP contribution is -2.41. The first-order chi connectivity index (χ1) is 9.07. The Bertz CT molecular complexity index is 606. The standard InChI is InChI=1S/C15H21N3O/c1-3-15(7-4-8-15)18-13-6-5-11(16)9-12(13)17-14(18)10(2)19/h5-6,9-10,19H,3-4,7-8,16H2,1-2H3. The number of imidazole rings is 1. The van der Waals surface area contributed by atoms with Gasteiger partial charge in [0, 0.05) is 11.2 Å². The van der Waals surface area contributed by atoms with E-state index >= 15 is 0 Å². The monoisotopic (exact) mass is 259 g/mol. The molecule has 102 valence electrons. The number of nitrogens with zero attached hydrogens (tertiary/aromatic N) is 2. The molecule has 0 saturated heterocycles. The molecule has 3 N–H and O–H groups in total. The van der Waals surface area contributed by atoms with Crippen LogP contribution < -0.4 is 5.73 Å². The van der Waals surface area contributed by atoms with Crippen LogP contribution in [0.4, 0.5) is 5.69 Å². The van der Waals surface area contributed by atoms with Crippen molar-refractivity contribution in [3.63, 3.8) is 0 Å². The minimum absolute atomic E-state index is 0.136. The highest BCUT2D eigenvalue weighted by atomic mass is 16.3. The van der Waals surface area contributed by atoms with Crippen LogP contribution in [-0.2, 0) is 5.54 Å². The van der Waals surface area contributed by atoms with Crippen molar-refractivity contribution in [1.82, 2.24) is 9.55 Å². The minimum atomic E-state index is -0.558. The molecule has 0 bridgehead atoms. The van der Waals surface area contributed by atoms with E-state index in [1.54, 1.807) is 6.92 Å². The van der Waals surface area contributed by atoms with Gasteiger partial charge in [0.05, 0.1) is 11.0 Å². The lowest BCUT2D eigenvalue weighted by molar-refractivity contribution is 0.113. The van der Waals surface area contributed by atoms with Crippen molar-refractivity contribution < 1.29 is 5.11 Å². The van der Waals surface area contributed by atoms with Crippen LogP contribution in [0, 0.1) is 0 Å². The normalized spacial score (nSPS) is 19.3. The van der Waals surface area contributed by atoms with Gasteiger partial charge in [-0.2, -0.15) is 0 Å². The third kappa shape index (κ3) is 1.74. The number of fused-ring (bicyclic) bond motifs is 1. The fraction of sp³-hybridized carbons (Fsp3) is 0.533. The molecule has 19 heavy (non-hydrogen) atoms. The quantitative estimate of drug-likeness (QED) is 0.833. The van der Waals surface area contributed by atoms with Gasteiger partial charge >= 0.3 is 0 Å². The molecule has 4 heteroatoms. The molecular formula is C15H21N3O. The van der Waals surface area contributed by atoms with E-state index in [1.807, 2.05) is 18.2 Å². The molecule has 1 aliphatic carbocycles. The van der Waals surface area contributed by atoms with Crippen molar-refractivity contribution in [2.45, 2.75) is 51.2 Å². The van der Waals surface area contributed by atoms with Gasteiger partial charge in [-0.05, 0) is 50.8 Å². The predicted octanol–water partition coefficient (Wildman–Crippen LogP) is 2.96. The second-order valence-corrected chi connectivity index (χ2v) is 5.66. The second-order valence-electron chi connectivity index (χ2n) is 5.66. The van der Waals surface area contributed by atoms with Gasteiger partial charge in [-0.15, -0.1) is 0 Å². The van der Waals surface area contributed by atoms with E-state index in [2.05, 4.69) is 16.5 Å². The van der Waals surface area contributed by atoms with Crippen LogP contribution >= 0.6 is 0 Å². The molecule has 0 amide bonds. The summed E-state index contributed by atoms with van der Waals surface area (Å²) in [5.74, 6) is 0.766. The Morgan fingerprint density at radius 3 is 2.74 bits per heavy atom. The van der Waals surface area contributed by atoms with Crippen molar-refractivity contribution >= 4 is 16.7 Å². The highest BCUT2D eigenvalue weighted by Gasteiger charge is 2.40. The van der Waals surface area contributed by atoms with E-state index < -0.39 is 6.10 Å². The number of benzene rings is 1. The van der Waals surface area contributed by atoms with Crippen LogP contribution in [0.3, 0.4) is 0 Å². The van der Waals surface area contributed by atoms with Gasteiger partial charge in [-0.1, -0.05) is 6.92 Å². The number of aliphatic hydroxyl groups excluding tert-OH is 1. The summed E-state index contributed by atoms with van der Waals surface area (Å²) in [5, 5.41) is 10.0. The fourth-order valence-corrected chi connectivity index (χ4v) is 3.21. The van der Waals surface area contributed by atoms with Crippen molar-refractivity contribution in [2.75, 3.05) is 5.73 Å². The Hall–Kier alpha value is -1.55. The van der Waals surface area contributed by atoms with E-state index in [-0.39, 0.29) is 5.54 Å². The van der Waals surface area contributed by atoms with E-state index in [1.165, 1.54) is 19.3 Å². The lowest BCUT2D eigenvalue weighted by atomic mass is 9.74. The van der Waals surface area contributed by atoms with Crippen LogP contribution in [0.25, 0.3) is 11.0 Å². The molecule has 1 unspecified atom stereocenters. The maximum Gasteiger partial charge on any atom is 0.139 e. The molecule has 1 atom stereocenters. The van der Waals surface area contributed by atoms with E-state index in [4.69, 9.17) is 5.73 Å². The average Bonchev–Trinajstić information content (AvgIpc) is 2.68. The first-order valence-electron chi connectivity index (χ1n) is 7.04. The third-order valence-electron chi connectivity index (χ3n) is 4.49. The lowest BCUT2D eigenvalue weighted by Gasteiger charge is -2.44. The van der Waals surface area contributed by atoms with Gasteiger partial charge in [0.15, 0.2) is 0 Å². The van der Waals surface area contributed by atoms with E-state index in [0.29, 0.717) is 5.69 Å². The predicted molar refractivity (Wildman–Crippen MR) is 76.9 cm³/mol. The first-order valence-corrected chi connectivity index (χ1v) is 7.04. The molecule has 1 aromatic carbocycles. The van der Waals surface area contributed by atoms with Crippen LogP contribution in [0.2, 0.25) is 0 Å². The van der Waals surface area contributed by atoms with Gasteiger partial charge < -0.3 is 15.4 Å². The van der Waals surface area contributed by atoms with Gasteiger partial charge in [-0.25, -0.2) is 4.98 Å². The number of aromatic nitrogens is 2. The maximum atomic E-state index is 10.0. The summed E-state index contributed by atoms with van der Waals surface area (Å²) >= 11 is 0. The molecule has 2 aromatic rings. The highest BCUT2D eigenvalue weighted by molar-refractivity contribution is 5.80. The Morgan fingerprint density at radius 1 is 1.47 bits per heavy atom. The van der Waals surface area contributed by atoms with E-state index in [0.717, 1.165) is 23.3 Å². The Balaban J connectivity index is 2.28. The topological polar surface area (TPSA) is 64.1 Å². The number of rotatable bonds is 3. The maximum absolute atomic E-state index is 10.0. The van der Waals surface area contributed by atoms with Crippen molar-refractivity contribution in [1.29, 1.82) is 0 Å². The molecule has 0 spiro atoms. The van der Waals surface area contributed by atoms with Crippen molar-refractivity contribution in [2.24, 2.45) is 0 Å². The summed E-state index contributed by atoms with van der Waals surface area (Å²) in [6, 6.07) is 5.83. The van der Waals surface area contributed by atoms with Crippen LogP contribution in [0.15, 0.2) is 18.2 Å². The van der Waals surface area contributed by atoms with Gasteiger partial charge in [0.1, 0.15) is 11.9 Å². The molecule has 1 heterocycles. The average molecular weight is 259 g/mol.